The number of hydrogen-bond donors (Lipinski definition) is 0. The van der Waals surface area contributed by atoms with Crippen molar-refractivity contribution in [2.24, 2.45) is 5.92 Å². The molecule has 0 radical (unpaired) electrons. The second-order valence-corrected chi connectivity index (χ2v) is 4.32. The van der Waals surface area contributed by atoms with Crippen LogP contribution in [0, 0.1) is 5.92 Å². The minimum Gasteiger partial charge on any atom is -0.369 e. The van der Waals surface area contributed by atoms with Crippen molar-refractivity contribution in [1.29, 1.82) is 0 Å². The van der Waals surface area contributed by atoms with Gasteiger partial charge in [0.15, 0.2) is 0 Å². The minimum atomic E-state index is -0.0262. The fourth-order valence-corrected chi connectivity index (χ4v) is 1.57. The van der Waals surface area contributed by atoms with Gasteiger partial charge in [0.05, 0.1) is 6.10 Å². The second-order valence-electron chi connectivity index (χ2n) is 4.32. The van der Waals surface area contributed by atoms with E-state index in [9.17, 15) is 9.59 Å². The van der Waals surface area contributed by atoms with E-state index in [0.717, 1.165) is 0 Å². The molecule has 0 aromatic carbocycles. The summed E-state index contributed by atoms with van der Waals surface area (Å²) in [5, 5.41) is 0. The highest BCUT2D eigenvalue weighted by atomic mass is 16.5. The average molecular weight is 213 g/mol. The van der Waals surface area contributed by atoms with Gasteiger partial charge in [-0.05, 0) is 13.8 Å². The predicted octanol–water partition coefficient (Wildman–Crippen LogP) is 0.849. The largest absolute Gasteiger partial charge is 0.369 e. The number of likely N-dealkylation sites (tertiary alicyclic amines) is 1. The van der Waals surface area contributed by atoms with Crippen molar-refractivity contribution in [3.05, 3.63) is 0 Å². The fourth-order valence-electron chi connectivity index (χ4n) is 1.57. The number of carbonyl (C=O) groups excluding carboxylic acids is 2. The van der Waals surface area contributed by atoms with Crippen LogP contribution in [0.2, 0.25) is 0 Å². The number of hydrogen-bond acceptors (Lipinski definition) is 3. The Kier molecular flexibility index (Phi) is 4.27. The lowest BCUT2D eigenvalue weighted by Crippen LogP contribution is -2.44. The fraction of sp³-hybridized carbons (Fsp3) is 0.818. The maximum Gasteiger partial charge on any atom is 0.248 e. The minimum absolute atomic E-state index is 0.0111. The van der Waals surface area contributed by atoms with E-state index in [1.807, 2.05) is 20.8 Å². The zero-order valence-electron chi connectivity index (χ0n) is 9.66. The van der Waals surface area contributed by atoms with Crippen LogP contribution < -0.4 is 0 Å². The molecule has 0 aromatic rings. The topological polar surface area (TPSA) is 46.6 Å². The first-order chi connectivity index (χ1) is 7.00. The first kappa shape index (κ1) is 12.2. The monoisotopic (exact) mass is 213 g/mol. The number of rotatable bonds is 3. The Morgan fingerprint density at radius 2 is 2.27 bits per heavy atom. The molecule has 1 heterocycles. The third kappa shape index (κ3) is 3.63. The van der Waals surface area contributed by atoms with Crippen molar-refractivity contribution in [3.63, 3.8) is 0 Å². The van der Waals surface area contributed by atoms with Gasteiger partial charge < -0.3 is 9.64 Å². The molecule has 0 saturated carbocycles. The van der Waals surface area contributed by atoms with Gasteiger partial charge in [-0.1, -0.05) is 6.92 Å². The van der Waals surface area contributed by atoms with Gasteiger partial charge in [0.1, 0.15) is 12.4 Å². The smallest absolute Gasteiger partial charge is 0.248 e. The van der Waals surface area contributed by atoms with E-state index in [4.69, 9.17) is 4.74 Å². The quantitative estimate of drug-likeness (QED) is 0.698. The molecule has 1 atom stereocenters. The summed E-state index contributed by atoms with van der Waals surface area (Å²) in [6, 6.07) is 0. The molecular formula is C11H19NO3. The van der Waals surface area contributed by atoms with E-state index in [1.165, 1.54) is 0 Å². The summed E-state index contributed by atoms with van der Waals surface area (Å²) in [5.41, 5.74) is 0. The molecule has 0 aromatic heterocycles. The van der Waals surface area contributed by atoms with Gasteiger partial charge in [0.2, 0.25) is 5.91 Å². The number of amides is 1. The van der Waals surface area contributed by atoms with Gasteiger partial charge in [-0.3, -0.25) is 9.59 Å². The normalized spacial score (nSPS) is 22.3. The van der Waals surface area contributed by atoms with Crippen molar-refractivity contribution in [2.75, 3.05) is 19.7 Å². The van der Waals surface area contributed by atoms with Crippen LogP contribution in [0.4, 0.5) is 0 Å². The van der Waals surface area contributed by atoms with E-state index < -0.39 is 0 Å². The molecule has 0 bridgehead atoms. The number of carbonyl (C=O) groups is 2. The van der Waals surface area contributed by atoms with Gasteiger partial charge in [0, 0.05) is 25.4 Å². The van der Waals surface area contributed by atoms with Crippen LogP contribution in [0.25, 0.3) is 0 Å². The Balaban J connectivity index is 2.37. The molecule has 15 heavy (non-hydrogen) atoms. The maximum atomic E-state index is 11.6. The Labute approximate surface area is 90.6 Å². The van der Waals surface area contributed by atoms with Gasteiger partial charge >= 0.3 is 0 Å². The highest BCUT2D eigenvalue weighted by molar-refractivity contribution is 5.85. The third-order valence-electron chi connectivity index (χ3n) is 2.56. The lowest BCUT2D eigenvalue weighted by molar-refractivity contribution is -0.141. The van der Waals surface area contributed by atoms with Gasteiger partial charge in [-0.15, -0.1) is 0 Å². The van der Waals surface area contributed by atoms with Crippen molar-refractivity contribution >= 4 is 11.7 Å². The van der Waals surface area contributed by atoms with Crippen LogP contribution >= 0.6 is 0 Å². The van der Waals surface area contributed by atoms with Gasteiger partial charge in [0.25, 0.3) is 0 Å². The predicted molar refractivity (Wildman–Crippen MR) is 56.5 cm³/mol. The lowest BCUT2D eigenvalue weighted by atomic mass is 9.99. The zero-order chi connectivity index (χ0) is 11.4. The first-order valence-corrected chi connectivity index (χ1v) is 5.42. The van der Waals surface area contributed by atoms with Crippen molar-refractivity contribution in [3.8, 4) is 0 Å². The summed E-state index contributed by atoms with van der Waals surface area (Å²) in [4.78, 5) is 24.6. The SMILES string of the molecule is CC(C)OCC(=O)N1CCC(=O)C(C)C1. The molecule has 0 N–H and O–H groups in total. The molecule has 1 fully saturated rings. The second kappa shape index (κ2) is 5.26. The van der Waals surface area contributed by atoms with Crippen LogP contribution in [0.5, 0.6) is 0 Å². The molecule has 1 saturated heterocycles. The molecule has 86 valence electrons. The summed E-state index contributed by atoms with van der Waals surface area (Å²) < 4.78 is 5.24. The maximum absolute atomic E-state index is 11.6. The molecule has 0 aliphatic carbocycles. The molecule has 1 unspecified atom stereocenters. The standard InChI is InChI=1S/C11H19NO3/c1-8(2)15-7-11(14)12-5-4-10(13)9(3)6-12/h8-9H,4-7H2,1-3H3. The summed E-state index contributed by atoms with van der Waals surface area (Å²) in [5.74, 6) is 0.216. The number of Topliss-reactive ketones (excluding diaryl/α,β-unsaturated/α-hetero) is 1. The third-order valence-corrected chi connectivity index (χ3v) is 2.56. The Hall–Kier alpha value is -0.900. The molecule has 4 heteroatoms. The van der Waals surface area contributed by atoms with Crippen LogP contribution in [0.3, 0.4) is 0 Å². The number of ether oxygens (including phenoxy) is 1. The number of nitrogens with zero attached hydrogens (tertiary/aromatic N) is 1. The van der Waals surface area contributed by atoms with Gasteiger partial charge in [-0.25, -0.2) is 0 Å². The van der Waals surface area contributed by atoms with Crippen molar-refractivity contribution < 1.29 is 14.3 Å². The molecule has 4 nitrogen and oxygen atoms in total. The van der Waals surface area contributed by atoms with E-state index in [1.54, 1.807) is 4.90 Å². The van der Waals surface area contributed by atoms with Crippen molar-refractivity contribution in [2.45, 2.75) is 33.3 Å². The Morgan fingerprint density at radius 3 is 2.80 bits per heavy atom. The Bertz CT molecular complexity index is 250. The zero-order valence-corrected chi connectivity index (χ0v) is 9.66. The van der Waals surface area contributed by atoms with Crippen LogP contribution in [-0.2, 0) is 14.3 Å². The van der Waals surface area contributed by atoms with E-state index in [0.29, 0.717) is 19.5 Å². The van der Waals surface area contributed by atoms with Crippen molar-refractivity contribution in [1.82, 2.24) is 4.90 Å². The lowest BCUT2D eigenvalue weighted by Gasteiger charge is -2.30. The summed E-state index contributed by atoms with van der Waals surface area (Å²) >= 11 is 0. The summed E-state index contributed by atoms with van der Waals surface area (Å²) in [6.07, 6.45) is 0.548. The molecular weight excluding hydrogens is 194 g/mol. The summed E-state index contributed by atoms with van der Waals surface area (Å²) in [6.45, 7) is 6.87. The Morgan fingerprint density at radius 1 is 1.60 bits per heavy atom. The summed E-state index contributed by atoms with van der Waals surface area (Å²) in [7, 11) is 0. The highest BCUT2D eigenvalue weighted by Gasteiger charge is 2.26. The molecule has 1 amide bonds. The van der Waals surface area contributed by atoms with E-state index >= 15 is 0 Å². The molecule has 1 rings (SSSR count). The molecule has 1 aliphatic rings. The number of ketones is 1. The van der Waals surface area contributed by atoms with Gasteiger partial charge in [-0.2, -0.15) is 0 Å². The van der Waals surface area contributed by atoms with Crippen LogP contribution in [-0.4, -0.2) is 42.4 Å². The van der Waals surface area contributed by atoms with Crippen LogP contribution in [0.15, 0.2) is 0 Å². The van der Waals surface area contributed by atoms with Crippen LogP contribution in [0.1, 0.15) is 27.2 Å². The van der Waals surface area contributed by atoms with E-state index in [2.05, 4.69) is 0 Å². The molecule has 1 aliphatic heterocycles. The highest BCUT2D eigenvalue weighted by Crippen LogP contribution is 2.12. The first-order valence-electron chi connectivity index (χ1n) is 5.42. The number of piperidine rings is 1. The molecule has 0 spiro atoms. The van der Waals surface area contributed by atoms with E-state index in [-0.39, 0.29) is 30.3 Å². The average Bonchev–Trinajstić information content (AvgIpc) is 2.18.